The average Bonchev–Trinajstić information content (AvgIpc) is 3.55. The third-order valence-electron chi connectivity index (χ3n) is 9.05. The highest BCUT2D eigenvalue weighted by atomic mass is 16.5. The molecule has 43 heavy (non-hydrogen) atoms. The number of nitrogens with one attached hydrogen (secondary N) is 2. The Hall–Kier alpha value is -4.35. The Bertz CT molecular complexity index is 1630. The summed E-state index contributed by atoms with van der Waals surface area (Å²) in [5, 5.41) is 21.6. The number of aliphatic hydroxyl groups is 1. The van der Waals surface area contributed by atoms with Crippen LogP contribution < -0.4 is 10.6 Å². The Morgan fingerprint density at radius 1 is 1.00 bits per heavy atom. The van der Waals surface area contributed by atoms with Crippen LogP contribution in [0.2, 0.25) is 0 Å². The molecule has 0 radical (unpaired) electrons. The van der Waals surface area contributed by atoms with Crippen molar-refractivity contribution in [1.82, 2.24) is 25.0 Å². The van der Waals surface area contributed by atoms with Crippen molar-refractivity contribution in [3.63, 3.8) is 0 Å². The second-order valence-corrected chi connectivity index (χ2v) is 12.4. The van der Waals surface area contributed by atoms with Gasteiger partial charge in [0.2, 0.25) is 0 Å². The number of hydrogen-bond donors (Lipinski definition) is 3. The van der Waals surface area contributed by atoms with Gasteiger partial charge in [0.1, 0.15) is 18.2 Å². The molecule has 0 unspecified atom stereocenters. The third kappa shape index (κ3) is 5.12. The zero-order valence-electron chi connectivity index (χ0n) is 24.3. The van der Waals surface area contributed by atoms with E-state index in [-0.39, 0.29) is 30.6 Å². The SMILES string of the molecule is CC1(C)COC(=O)c2ccc(Nc3cc(N[C@H](CO)c4ccccc4)c(-c4nc(C56CCN(CC5)CC6)no4)cn3)nc21. The molecule has 11 heteroatoms. The number of nitrogens with zero attached hydrogens (tertiary/aromatic N) is 5. The van der Waals surface area contributed by atoms with Crippen LogP contribution in [0.4, 0.5) is 17.3 Å². The molecule has 11 nitrogen and oxygen atoms in total. The van der Waals surface area contributed by atoms with Crippen molar-refractivity contribution in [3.8, 4) is 11.5 Å². The molecule has 4 aliphatic heterocycles. The second kappa shape index (κ2) is 10.7. The molecule has 4 aliphatic rings. The van der Waals surface area contributed by atoms with Crippen molar-refractivity contribution >= 4 is 23.3 Å². The van der Waals surface area contributed by atoms with E-state index >= 15 is 0 Å². The fraction of sp³-hybridized carbons (Fsp3) is 0.406. The summed E-state index contributed by atoms with van der Waals surface area (Å²) in [6.07, 6.45) is 4.78. The van der Waals surface area contributed by atoms with Crippen LogP contribution in [0.25, 0.3) is 11.5 Å². The van der Waals surface area contributed by atoms with Crippen molar-refractivity contribution in [2.24, 2.45) is 0 Å². The first-order valence-electron chi connectivity index (χ1n) is 14.8. The molecule has 3 N–H and O–H groups in total. The highest BCUT2D eigenvalue weighted by Crippen LogP contribution is 2.42. The van der Waals surface area contributed by atoms with Crippen LogP contribution in [0.3, 0.4) is 0 Å². The Morgan fingerprint density at radius 2 is 1.77 bits per heavy atom. The highest BCUT2D eigenvalue weighted by Gasteiger charge is 2.44. The lowest BCUT2D eigenvalue weighted by Crippen LogP contribution is -2.51. The summed E-state index contributed by atoms with van der Waals surface area (Å²) in [5.41, 5.74) is 2.94. The number of esters is 1. The number of rotatable bonds is 8. The molecule has 8 rings (SSSR count). The van der Waals surface area contributed by atoms with Crippen LogP contribution in [0.15, 0.2) is 59.3 Å². The molecule has 4 aromatic rings. The zero-order chi connectivity index (χ0) is 29.6. The molecule has 222 valence electrons. The molecule has 3 fully saturated rings. The molecule has 1 atom stereocenters. The number of fused-ring (bicyclic) bond motifs is 4. The van der Waals surface area contributed by atoms with Gasteiger partial charge in [-0.05, 0) is 56.6 Å². The van der Waals surface area contributed by atoms with Gasteiger partial charge in [0.05, 0.1) is 35.2 Å². The van der Waals surface area contributed by atoms with Crippen LogP contribution in [0.5, 0.6) is 0 Å². The smallest absolute Gasteiger partial charge is 0.340 e. The van der Waals surface area contributed by atoms with Gasteiger partial charge in [-0.15, -0.1) is 0 Å². The number of cyclic esters (lactones) is 1. The number of aliphatic hydroxyl groups excluding tert-OH is 1. The first-order valence-corrected chi connectivity index (χ1v) is 14.8. The Balaban J connectivity index is 1.23. The number of pyridine rings is 2. The zero-order valence-corrected chi connectivity index (χ0v) is 24.3. The van der Waals surface area contributed by atoms with Gasteiger partial charge in [0.25, 0.3) is 5.89 Å². The normalized spacial score (nSPS) is 22.9. The third-order valence-corrected chi connectivity index (χ3v) is 9.05. The summed E-state index contributed by atoms with van der Waals surface area (Å²) in [6, 6.07) is 14.7. The topological polar surface area (TPSA) is 139 Å². The van der Waals surface area contributed by atoms with E-state index in [9.17, 15) is 9.90 Å². The minimum Gasteiger partial charge on any atom is -0.461 e. The molecule has 7 heterocycles. The summed E-state index contributed by atoms with van der Waals surface area (Å²) >= 11 is 0. The molecular weight excluding hydrogens is 546 g/mol. The van der Waals surface area contributed by atoms with E-state index in [1.54, 1.807) is 18.3 Å². The molecule has 1 aromatic carbocycles. The lowest BCUT2D eigenvalue weighted by molar-refractivity contribution is 0.0366. The molecule has 0 spiro atoms. The van der Waals surface area contributed by atoms with Gasteiger partial charge in [-0.25, -0.2) is 14.8 Å². The van der Waals surface area contributed by atoms with Gasteiger partial charge in [0.15, 0.2) is 5.82 Å². The van der Waals surface area contributed by atoms with Crippen molar-refractivity contribution in [2.75, 3.05) is 43.5 Å². The number of anilines is 3. The van der Waals surface area contributed by atoms with Crippen LogP contribution in [-0.4, -0.2) is 68.9 Å². The van der Waals surface area contributed by atoms with Crippen LogP contribution in [0, 0.1) is 0 Å². The van der Waals surface area contributed by atoms with Gasteiger partial charge in [-0.3, -0.25) is 0 Å². The van der Waals surface area contributed by atoms with E-state index in [2.05, 4.69) is 25.7 Å². The van der Waals surface area contributed by atoms with Gasteiger partial charge in [-0.1, -0.05) is 49.3 Å². The number of hydrogen-bond acceptors (Lipinski definition) is 11. The molecule has 0 amide bonds. The molecule has 0 aliphatic carbocycles. The molecule has 3 saturated heterocycles. The van der Waals surface area contributed by atoms with Crippen LogP contribution >= 0.6 is 0 Å². The summed E-state index contributed by atoms with van der Waals surface area (Å²) in [5.74, 6) is 1.86. The maximum absolute atomic E-state index is 12.3. The Kier molecular flexibility index (Phi) is 6.86. The second-order valence-electron chi connectivity index (χ2n) is 12.4. The van der Waals surface area contributed by atoms with Crippen molar-refractivity contribution in [2.45, 2.75) is 50.0 Å². The van der Waals surface area contributed by atoms with Crippen molar-refractivity contribution in [1.29, 1.82) is 0 Å². The standard InChI is InChI=1S/C32H35N7O4/c1-31(2)19-42-29(41)21-8-9-25(36-27(21)31)35-26-16-23(34-24(18-40)20-6-4-3-5-7-20)22(17-33-26)28-37-30(38-43-28)32-10-13-39(14-11-32)15-12-32/h3-9,16-17,24,40H,10-15,18-19H2,1-2H3,(H2,33,34,35,36)/t24-/m1/s1. The number of piperidine rings is 3. The molecule has 3 aromatic heterocycles. The number of ether oxygens (including phenoxy) is 1. The first kappa shape index (κ1) is 27.5. The predicted molar refractivity (Wildman–Crippen MR) is 160 cm³/mol. The van der Waals surface area contributed by atoms with Crippen LogP contribution in [-0.2, 0) is 15.6 Å². The fourth-order valence-corrected chi connectivity index (χ4v) is 6.36. The van der Waals surface area contributed by atoms with Gasteiger partial charge in [0, 0.05) is 23.1 Å². The molecular formula is C32H35N7O4. The summed E-state index contributed by atoms with van der Waals surface area (Å²) in [6.45, 7) is 7.31. The minimum absolute atomic E-state index is 0.0466. The largest absolute Gasteiger partial charge is 0.461 e. The molecule has 0 saturated carbocycles. The minimum atomic E-state index is -0.418. The number of benzene rings is 1. The number of carbonyl (C=O) groups excluding carboxylic acids is 1. The quantitative estimate of drug-likeness (QED) is 0.252. The van der Waals surface area contributed by atoms with Crippen molar-refractivity contribution < 1.29 is 19.2 Å². The summed E-state index contributed by atoms with van der Waals surface area (Å²) < 4.78 is 11.2. The maximum atomic E-state index is 12.3. The Morgan fingerprint density at radius 3 is 2.51 bits per heavy atom. The lowest BCUT2D eigenvalue weighted by atomic mass is 9.71. The average molecular weight is 582 g/mol. The molecule has 2 bridgehead atoms. The van der Waals surface area contributed by atoms with Gasteiger partial charge < -0.3 is 29.9 Å². The van der Waals surface area contributed by atoms with E-state index in [0.29, 0.717) is 40.0 Å². The summed E-state index contributed by atoms with van der Waals surface area (Å²) in [7, 11) is 0. The fourth-order valence-electron chi connectivity index (χ4n) is 6.36. The monoisotopic (exact) mass is 581 g/mol. The van der Waals surface area contributed by atoms with Gasteiger partial charge >= 0.3 is 5.97 Å². The van der Waals surface area contributed by atoms with E-state index in [4.69, 9.17) is 19.2 Å². The van der Waals surface area contributed by atoms with E-state index < -0.39 is 5.41 Å². The van der Waals surface area contributed by atoms with E-state index in [0.717, 1.165) is 50.3 Å². The van der Waals surface area contributed by atoms with E-state index in [1.807, 2.05) is 50.2 Å². The van der Waals surface area contributed by atoms with Crippen molar-refractivity contribution in [3.05, 3.63) is 77.4 Å². The number of aromatic nitrogens is 4. The van der Waals surface area contributed by atoms with E-state index in [1.165, 1.54) is 0 Å². The highest BCUT2D eigenvalue weighted by molar-refractivity contribution is 5.92. The number of carbonyl (C=O) groups is 1. The van der Waals surface area contributed by atoms with Gasteiger partial charge in [-0.2, -0.15) is 4.98 Å². The van der Waals surface area contributed by atoms with Crippen LogP contribution in [0.1, 0.15) is 66.6 Å². The Labute approximate surface area is 249 Å². The predicted octanol–water partition coefficient (Wildman–Crippen LogP) is 4.60. The lowest BCUT2D eigenvalue weighted by Gasteiger charge is -2.46. The first-order chi connectivity index (χ1) is 20.8. The maximum Gasteiger partial charge on any atom is 0.340 e. The summed E-state index contributed by atoms with van der Waals surface area (Å²) in [4.78, 5) is 29.1.